The van der Waals surface area contributed by atoms with E-state index in [0.717, 1.165) is 47.8 Å². The molecule has 3 aromatic rings. The maximum absolute atomic E-state index is 12.8. The van der Waals surface area contributed by atoms with Gasteiger partial charge < -0.3 is 5.32 Å². The number of alkyl halides is 3. The van der Waals surface area contributed by atoms with Crippen LogP contribution in [0.4, 0.5) is 18.9 Å². The minimum atomic E-state index is -4.58. The molecule has 0 saturated heterocycles. The SMILES string of the molecule is O=C(Nc1ccnc(C(F)(F)F)c1)c1snc(-c2ccccc2Cl)c1C1CC1. The first-order chi connectivity index (χ1) is 13.3. The van der Waals surface area contributed by atoms with Crippen LogP contribution in [-0.4, -0.2) is 15.3 Å². The van der Waals surface area contributed by atoms with Gasteiger partial charge >= 0.3 is 6.18 Å². The van der Waals surface area contributed by atoms with Crippen molar-refractivity contribution >= 4 is 34.7 Å². The number of nitrogens with one attached hydrogen (secondary N) is 1. The molecule has 0 spiro atoms. The molecular weight excluding hydrogens is 411 g/mol. The van der Waals surface area contributed by atoms with E-state index >= 15 is 0 Å². The first-order valence-electron chi connectivity index (χ1n) is 8.43. The highest BCUT2D eigenvalue weighted by molar-refractivity contribution is 7.08. The molecule has 0 atom stereocenters. The van der Waals surface area contributed by atoms with E-state index in [4.69, 9.17) is 11.6 Å². The van der Waals surface area contributed by atoms with Gasteiger partial charge in [-0.15, -0.1) is 0 Å². The number of carbonyl (C=O) groups is 1. The highest BCUT2D eigenvalue weighted by Crippen LogP contribution is 2.48. The predicted octanol–water partition coefficient (Wildman–Crippen LogP) is 6.01. The first kappa shape index (κ1) is 18.9. The summed E-state index contributed by atoms with van der Waals surface area (Å²) in [5, 5.41) is 3.06. The maximum Gasteiger partial charge on any atom is 0.433 e. The quantitative estimate of drug-likeness (QED) is 0.559. The molecule has 0 radical (unpaired) electrons. The first-order valence-corrected chi connectivity index (χ1v) is 9.59. The fourth-order valence-corrected chi connectivity index (χ4v) is 4.01. The summed E-state index contributed by atoms with van der Waals surface area (Å²) in [6.45, 7) is 0. The minimum Gasteiger partial charge on any atom is -0.321 e. The largest absolute Gasteiger partial charge is 0.433 e. The number of pyridine rings is 1. The Balaban J connectivity index is 1.67. The molecule has 4 nitrogen and oxygen atoms in total. The molecule has 4 rings (SSSR count). The number of rotatable bonds is 4. The number of amides is 1. The van der Waals surface area contributed by atoms with Crippen molar-refractivity contribution in [3.8, 4) is 11.3 Å². The number of benzene rings is 1. The predicted molar refractivity (Wildman–Crippen MR) is 102 cm³/mol. The molecule has 1 amide bonds. The van der Waals surface area contributed by atoms with Gasteiger partial charge in [-0.3, -0.25) is 9.78 Å². The molecule has 1 aromatic carbocycles. The third kappa shape index (κ3) is 3.74. The van der Waals surface area contributed by atoms with Gasteiger partial charge in [0.15, 0.2) is 0 Å². The van der Waals surface area contributed by atoms with Gasteiger partial charge in [0, 0.05) is 23.0 Å². The Morgan fingerprint density at radius 3 is 2.64 bits per heavy atom. The number of hydrogen-bond acceptors (Lipinski definition) is 4. The van der Waals surface area contributed by atoms with Gasteiger partial charge in [0.1, 0.15) is 10.6 Å². The van der Waals surface area contributed by atoms with E-state index in [1.54, 1.807) is 6.07 Å². The second-order valence-corrected chi connectivity index (χ2v) is 7.59. The maximum atomic E-state index is 12.8. The molecular formula is C19H13ClF3N3OS. The average Bonchev–Trinajstić information content (AvgIpc) is 3.40. The van der Waals surface area contributed by atoms with Crippen LogP contribution in [0.2, 0.25) is 5.02 Å². The summed E-state index contributed by atoms with van der Waals surface area (Å²) in [5.41, 5.74) is 1.18. The average molecular weight is 424 g/mol. The van der Waals surface area contributed by atoms with Crippen molar-refractivity contribution in [2.75, 3.05) is 5.32 Å². The minimum absolute atomic E-state index is 0.0294. The standard InChI is InChI=1S/C19H13ClF3N3OS/c20-13-4-2-1-3-12(13)16-15(10-5-6-10)17(28-26-16)18(27)25-11-7-8-24-14(9-11)19(21,22)23/h1-4,7-10H,5-6H2,(H,24,25,27). The molecule has 144 valence electrons. The van der Waals surface area contributed by atoms with Gasteiger partial charge in [-0.1, -0.05) is 29.8 Å². The van der Waals surface area contributed by atoms with E-state index < -0.39 is 17.8 Å². The van der Waals surface area contributed by atoms with Crippen LogP contribution in [-0.2, 0) is 6.18 Å². The van der Waals surface area contributed by atoms with Gasteiger partial charge in [-0.2, -0.15) is 17.5 Å². The van der Waals surface area contributed by atoms with E-state index in [1.807, 2.05) is 18.2 Å². The second-order valence-electron chi connectivity index (χ2n) is 6.41. The highest BCUT2D eigenvalue weighted by Gasteiger charge is 2.35. The second kappa shape index (κ2) is 7.18. The zero-order chi connectivity index (χ0) is 19.9. The Morgan fingerprint density at radius 2 is 1.96 bits per heavy atom. The number of anilines is 1. The summed E-state index contributed by atoms with van der Waals surface area (Å²) in [6.07, 6.45) is -1.70. The molecule has 1 aliphatic rings. The third-order valence-electron chi connectivity index (χ3n) is 4.36. The highest BCUT2D eigenvalue weighted by atomic mass is 35.5. The van der Waals surface area contributed by atoms with Crippen molar-refractivity contribution in [2.24, 2.45) is 0 Å². The normalized spacial score (nSPS) is 14.1. The summed E-state index contributed by atoms with van der Waals surface area (Å²) in [6, 6.07) is 9.37. The lowest BCUT2D eigenvalue weighted by molar-refractivity contribution is -0.141. The van der Waals surface area contributed by atoms with Crippen LogP contribution in [0.1, 0.15) is 39.7 Å². The van der Waals surface area contributed by atoms with E-state index in [0.29, 0.717) is 15.6 Å². The molecule has 9 heteroatoms. The van der Waals surface area contributed by atoms with Crippen LogP contribution < -0.4 is 5.32 Å². The van der Waals surface area contributed by atoms with Crippen molar-refractivity contribution in [3.63, 3.8) is 0 Å². The van der Waals surface area contributed by atoms with Crippen molar-refractivity contribution in [1.82, 2.24) is 9.36 Å². The van der Waals surface area contributed by atoms with E-state index in [9.17, 15) is 18.0 Å². The Kier molecular flexibility index (Phi) is 4.84. The fourth-order valence-electron chi connectivity index (χ4n) is 2.91. The van der Waals surface area contributed by atoms with Crippen LogP contribution in [0.15, 0.2) is 42.6 Å². The van der Waals surface area contributed by atoms with E-state index in [-0.39, 0.29) is 11.6 Å². The lowest BCUT2D eigenvalue weighted by Crippen LogP contribution is -2.14. The monoisotopic (exact) mass is 423 g/mol. The Labute approximate surface area is 167 Å². The molecule has 2 heterocycles. The Hall–Kier alpha value is -2.45. The summed E-state index contributed by atoms with van der Waals surface area (Å²) in [5.74, 6) is -0.286. The van der Waals surface area contributed by atoms with Crippen LogP contribution in [0.3, 0.4) is 0 Å². The van der Waals surface area contributed by atoms with Gasteiger partial charge in [0.05, 0.1) is 10.7 Å². The zero-order valence-electron chi connectivity index (χ0n) is 14.3. The van der Waals surface area contributed by atoms with Gasteiger partial charge in [0.25, 0.3) is 5.91 Å². The summed E-state index contributed by atoms with van der Waals surface area (Å²) >= 11 is 7.31. The van der Waals surface area contributed by atoms with Crippen molar-refractivity contribution in [2.45, 2.75) is 24.9 Å². The topological polar surface area (TPSA) is 54.9 Å². The number of halogens is 4. The van der Waals surface area contributed by atoms with Gasteiger partial charge in [-0.25, -0.2) is 0 Å². The Bertz CT molecular complexity index is 1050. The molecule has 2 aromatic heterocycles. The molecule has 1 N–H and O–H groups in total. The van der Waals surface area contributed by atoms with Crippen LogP contribution >= 0.6 is 23.1 Å². The Morgan fingerprint density at radius 1 is 1.21 bits per heavy atom. The van der Waals surface area contributed by atoms with Crippen LogP contribution in [0.25, 0.3) is 11.3 Å². The molecule has 1 aliphatic carbocycles. The molecule has 0 aliphatic heterocycles. The van der Waals surface area contributed by atoms with Gasteiger partial charge in [-0.05, 0) is 48.5 Å². The van der Waals surface area contributed by atoms with Crippen molar-refractivity contribution in [1.29, 1.82) is 0 Å². The lowest BCUT2D eigenvalue weighted by atomic mass is 10.0. The molecule has 0 bridgehead atoms. The summed E-state index contributed by atoms with van der Waals surface area (Å²) < 4.78 is 43.0. The molecule has 1 fully saturated rings. The summed E-state index contributed by atoms with van der Waals surface area (Å²) in [7, 11) is 0. The number of carbonyl (C=O) groups excluding carboxylic acids is 1. The number of hydrogen-bond donors (Lipinski definition) is 1. The van der Waals surface area contributed by atoms with Gasteiger partial charge in [0.2, 0.25) is 0 Å². The third-order valence-corrected chi connectivity index (χ3v) is 5.55. The van der Waals surface area contributed by atoms with Crippen molar-refractivity contribution in [3.05, 3.63) is 63.8 Å². The lowest BCUT2D eigenvalue weighted by Gasteiger charge is -2.09. The number of nitrogens with zero attached hydrogens (tertiary/aromatic N) is 2. The molecule has 0 unspecified atom stereocenters. The molecule has 1 saturated carbocycles. The van der Waals surface area contributed by atoms with Crippen LogP contribution in [0, 0.1) is 0 Å². The van der Waals surface area contributed by atoms with Crippen LogP contribution in [0.5, 0.6) is 0 Å². The summed E-state index contributed by atoms with van der Waals surface area (Å²) in [4.78, 5) is 16.5. The fraction of sp³-hybridized carbons (Fsp3) is 0.211. The van der Waals surface area contributed by atoms with E-state index in [2.05, 4.69) is 14.7 Å². The van der Waals surface area contributed by atoms with E-state index in [1.165, 1.54) is 6.07 Å². The van der Waals surface area contributed by atoms with Crippen molar-refractivity contribution < 1.29 is 18.0 Å². The smallest absolute Gasteiger partial charge is 0.321 e. The molecule has 28 heavy (non-hydrogen) atoms. The number of aromatic nitrogens is 2. The zero-order valence-corrected chi connectivity index (χ0v) is 15.8.